The van der Waals surface area contributed by atoms with Gasteiger partial charge in [-0.25, -0.2) is 12.7 Å². The van der Waals surface area contributed by atoms with Crippen LogP contribution in [0.15, 0.2) is 29.2 Å². The van der Waals surface area contributed by atoms with Gasteiger partial charge < -0.3 is 10.6 Å². The van der Waals surface area contributed by atoms with Crippen molar-refractivity contribution in [1.29, 1.82) is 0 Å². The minimum absolute atomic E-state index is 0.143. The number of nitrogens with zero attached hydrogens (tertiary/aromatic N) is 1. The van der Waals surface area contributed by atoms with E-state index in [9.17, 15) is 13.2 Å². The lowest BCUT2D eigenvalue weighted by Crippen LogP contribution is -2.87. The van der Waals surface area contributed by atoms with Gasteiger partial charge in [0.1, 0.15) is 0 Å². The van der Waals surface area contributed by atoms with Gasteiger partial charge in [-0.1, -0.05) is 19.9 Å². The molecule has 1 aromatic carbocycles. The highest BCUT2D eigenvalue weighted by Gasteiger charge is 2.17. The number of benzene rings is 1. The van der Waals surface area contributed by atoms with Crippen molar-refractivity contribution >= 4 is 21.6 Å². The molecule has 118 valence electrons. The summed E-state index contributed by atoms with van der Waals surface area (Å²) in [5.41, 5.74) is 0.487. The maximum absolute atomic E-state index is 12.0. The van der Waals surface area contributed by atoms with Crippen molar-refractivity contribution in [3.63, 3.8) is 0 Å². The molecule has 0 bridgehead atoms. The molecule has 3 N–H and O–H groups in total. The molecule has 0 saturated carbocycles. The minimum Gasteiger partial charge on any atom is -0.338 e. The second kappa shape index (κ2) is 7.53. The highest BCUT2D eigenvalue weighted by Crippen LogP contribution is 2.17. The molecular formula is C14H24N3O3S+. The Hall–Kier alpha value is -1.44. The van der Waals surface area contributed by atoms with Gasteiger partial charge in [0.05, 0.1) is 11.4 Å². The van der Waals surface area contributed by atoms with Crippen molar-refractivity contribution in [2.24, 2.45) is 5.92 Å². The number of amides is 1. The lowest BCUT2D eigenvalue weighted by molar-refractivity contribution is -0.648. The first-order chi connectivity index (χ1) is 9.73. The molecule has 0 heterocycles. The van der Waals surface area contributed by atoms with Crippen molar-refractivity contribution in [3.8, 4) is 0 Å². The molecule has 0 aliphatic rings. The Bertz CT molecular complexity index is 583. The molecule has 0 atom stereocenters. The van der Waals surface area contributed by atoms with Crippen LogP contribution in [0.5, 0.6) is 0 Å². The van der Waals surface area contributed by atoms with E-state index < -0.39 is 10.0 Å². The molecule has 6 nitrogen and oxygen atoms in total. The zero-order valence-corrected chi connectivity index (χ0v) is 13.8. The fourth-order valence-electron chi connectivity index (χ4n) is 1.70. The number of rotatable bonds is 7. The van der Waals surface area contributed by atoms with Crippen LogP contribution >= 0.6 is 0 Å². The molecule has 0 aliphatic carbocycles. The molecule has 21 heavy (non-hydrogen) atoms. The first kappa shape index (κ1) is 17.6. The Labute approximate surface area is 126 Å². The third-order valence-corrected chi connectivity index (χ3v) is 4.68. The molecule has 1 aromatic rings. The van der Waals surface area contributed by atoms with Crippen molar-refractivity contribution in [3.05, 3.63) is 24.3 Å². The van der Waals surface area contributed by atoms with Crippen molar-refractivity contribution in [1.82, 2.24) is 4.31 Å². The summed E-state index contributed by atoms with van der Waals surface area (Å²) in [4.78, 5) is 11.9. The molecule has 0 unspecified atom stereocenters. The zero-order chi connectivity index (χ0) is 16.0. The van der Waals surface area contributed by atoms with E-state index >= 15 is 0 Å². The molecule has 0 fully saturated rings. The monoisotopic (exact) mass is 314 g/mol. The Balaban J connectivity index is 2.71. The van der Waals surface area contributed by atoms with E-state index in [1.54, 1.807) is 12.1 Å². The van der Waals surface area contributed by atoms with Gasteiger partial charge in [0.15, 0.2) is 6.54 Å². The van der Waals surface area contributed by atoms with Crippen LogP contribution in [0.4, 0.5) is 5.69 Å². The van der Waals surface area contributed by atoms with Gasteiger partial charge >= 0.3 is 0 Å². The molecule has 0 aromatic heterocycles. The first-order valence-corrected chi connectivity index (χ1v) is 8.31. The summed E-state index contributed by atoms with van der Waals surface area (Å²) in [6, 6.07) is 6.27. The van der Waals surface area contributed by atoms with Crippen LogP contribution in [0.25, 0.3) is 0 Å². The maximum Gasteiger partial charge on any atom is 0.279 e. The Morgan fingerprint density at radius 2 is 2.00 bits per heavy atom. The second-order valence-electron chi connectivity index (χ2n) is 5.49. The molecule has 7 heteroatoms. The Morgan fingerprint density at radius 1 is 1.33 bits per heavy atom. The zero-order valence-electron chi connectivity index (χ0n) is 13.0. The minimum atomic E-state index is -3.49. The van der Waals surface area contributed by atoms with Gasteiger partial charge in [0.2, 0.25) is 10.0 Å². The smallest absolute Gasteiger partial charge is 0.279 e. The van der Waals surface area contributed by atoms with Crippen LogP contribution in [0.3, 0.4) is 0 Å². The third-order valence-electron chi connectivity index (χ3n) is 2.86. The predicted molar refractivity (Wildman–Crippen MR) is 82.4 cm³/mol. The Morgan fingerprint density at radius 3 is 2.57 bits per heavy atom. The third kappa shape index (κ3) is 5.45. The number of anilines is 1. The molecule has 0 saturated heterocycles. The average molecular weight is 314 g/mol. The maximum atomic E-state index is 12.0. The van der Waals surface area contributed by atoms with Crippen molar-refractivity contribution in [2.45, 2.75) is 18.7 Å². The van der Waals surface area contributed by atoms with E-state index in [1.807, 2.05) is 5.32 Å². The second-order valence-corrected chi connectivity index (χ2v) is 7.64. The average Bonchev–Trinajstić information content (AvgIpc) is 2.38. The SMILES string of the molecule is CC(C)C[NH2+]CC(=O)Nc1cccc(S(=O)(=O)N(C)C)c1. The summed E-state index contributed by atoms with van der Waals surface area (Å²) in [5, 5.41) is 4.64. The number of hydrogen-bond donors (Lipinski definition) is 2. The van der Waals surface area contributed by atoms with Crippen LogP contribution < -0.4 is 10.6 Å². The van der Waals surface area contributed by atoms with Crippen LogP contribution in [0.1, 0.15) is 13.8 Å². The predicted octanol–water partition coefficient (Wildman–Crippen LogP) is 0.0948. The number of hydrogen-bond acceptors (Lipinski definition) is 3. The van der Waals surface area contributed by atoms with E-state index in [-0.39, 0.29) is 10.8 Å². The van der Waals surface area contributed by atoms with Gasteiger partial charge in [-0.2, -0.15) is 0 Å². The number of nitrogens with two attached hydrogens (primary N) is 1. The highest BCUT2D eigenvalue weighted by molar-refractivity contribution is 7.89. The standard InChI is InChI=1S/C14H23N3O3S/c1-11(2)9-15-10-14(18)16-12-6-5-7-13(8-12)21(19,20)17(3)4/h5-8,11,15H,9-10H2,1-4H3,(H,16,18)/p+1. The molecular weight excluding hydrogens is 290 g/mol. The summed E-state index contributed by atoms with van der Waals surface area (Å²) in [7, 11) is -0.542. The lowest BCUT2D eigenvalue weighted by Gasteiger charge is -2.12. The molecule has 1 rings (SSSR count). The fraction of sp³-hybridized carbons (Fsp3) is 0.500. The van der Waals surface area contributed by atoms with Gasteiger partial charge in [0, 0.05) is 25.7 Å². The summed E-state index contributed by atoms with van der Waals surface area (Å²) in [6.45, 7) is 5.37. The lowest BCUT2D eigenvalue weighted by atomic mass is 10.2. The number of sulfonamides is 1. The van der Waals surface area contributed by atoms with E-state index in [0.717, 1.165) is 10.8 Å². The Kier molecular flexibility index (Phi) is 6.32. The molecule has 0 radical (unpaired) electrons. The van der Waals surface area contributed by atoms with Gasteiger partial charge in [-0.3, -0.25) is 4.79 Å². The highest BCUT2D eigenvalue weighted by atomic mass is 32.2. The number of carbonyl (C=O) groups is 1. The number of carbonyl (C=O) groups excluding carboxylic acids is 1. The fourth-order valence-corrected chi connectivity index (χ4v) is 2.65. The molecule has 0 spiro atoms. The van der Waals surface area contributed by atoms with E-state index in [1.165, 1.54) is 26.2 Å². The van der Waals surface area contributed by atoms with E-state index in [4.69, 9.17) is 0 Å². The van der Waals surface area contributed by atoms with E-state index in [2.05, 4.69) is 19.2 Å². The van der Waals surface area contributed by atoms with Gasteiger partial charge in [-0.05, 0) is 18.2 Å². The van der Waals surface area contributed by atoms with Crippen LogP contribution in [0.2, 0.25) is 0 Å². The normalized spacial score (nSPS) is 11.9. The van der Waals surface area contributed by atoms with Crippen LogP contribution in [-0.4, -0.2) is 45.8 Å². The summed E-state index contributed by atoms with van der Waals surface area (Å²) >= 11 is 0. The largest absolute Gasteiger partial charge is 0.338 e. The number of quaternary nitrogens is 1. The summed E-state index contributed by atoms with van der Waals surface area (Å²) < 4.78 is 25.2. The topological polar surface area (TPSA) is 83.1 Å². The molecule has 0 aliphatic heterocycles. The van der Waals surface area contributed by atoms with Gasteiger partial charge in [-0.15, -0.1) is 0 Å². The first-order valence-electron chi connectivity index (χ1n) is 6.87. The van der Waals surface area contributed by atoms with Crippen molar-refractivity contribution in [2.75, 3.05) is 32.5 Å². The number of nitrogens with one attached hydrogen (secondary N) is 1. The van der Waals surface area contributed by atoms with Crippen molar-refractivity contribution < 1.29 is 18.5 Å². The van der Waals surface area contributed by atoms with E-state index in [0.29, 0.717) is 18.2 Å². The van der Waals surface area contributed by atoms with Crippen LogP contribution in [-0.2, 0) is 14.8 Å². The summed E-state index contributed by atoms with van der Waals surface area (Å²) in [5.74, 6) is 0.376. The van der Waals surface area contributed by atoms with Crippen LogP contribution in [0, 0.1) is 5.92 Å². The summed E-state index contributed by atoms with van der Waals surface area (Å²) in [6.07, 6.45) is 0. The molecule has 1 amide bonds. The van der Waals surface area contributed by atoms with Gasteiger partial charge in [0.25, 0.3) is 5.91 Å². The quantitative estimate of drug-likeness (QED) is 0.748.